The summed E-state index contributed by atoms with van der Waals surface area (Å²) >= 11 is 0. The van der Waals surface area contributed by atoms with E-state index in [-0.39, 0.29) is 5.82 Å². The second kappa shape index (κ2) is 5.58. The Balaban J connectivity index is 0.000000561. The van der Waals surface area contributed by atoms with E-state index in [0.717, 1.165) is 5.56 Å². The van der Waals surface area contributed by atoms with E-state index in [1.54, 1.807) is 12.1 Å². The SMILES string of the molecule is CC.COc1cc(C)ccc1F. The van der Waals surface area contributed by atoms with Gasteiger partial charge in [0.1, 0.15) is 0 Å². The lowest BCUT2D eigenvalue weighted by Gasteiger charge is -2.00. The summed E-state index contributed by atoms with van der Waals surface area (Å²) in [5, 5.41) is 0. The van der Waals surface area contributed by atoms with Gasteiger partial charge in [0.15, 0.2) is 11.6 Å². The molecule has 0 saturated carbocycles. The van der Waals surface area contributed by atoms with Crippen molar-refractivity contribution in [2.75, 3.05) is 7.11 Å². The van der Waals surface area contributed by atoms with E-state index >= 15 is 0 Å². The smallest absolute Gasteiger partial charge is 0.165 e. The van der Waals surface area contributed by atoms with Gasteiger partial charge in [-0.1, -0.05) is 19.9 Å². The van der Waals surface area contributed by atoms with Crippen LogP contribution in [-0.2, 0) is 0 Å². The number of benzene rings is 1. The van der Waals surface area contributed by atoms with Crippen LogP contribution in [0.2, 0.25) is 0 Å². The highest BCUT2D eigenvalue weighted by Crippen LogP contribution is 2.16. The fourth-order valence-electron chi connectivity index (χ4n) is 0.767. The summed E-state index contributed by atoms with van der Waals surface area (Å²) in [5.74, 6) is -0.00639. The topological polar surface area (TPSA) is 9.23 Å². The average molecular weight is 170 g/mol. The first-order valence-electron chi connectivity index (χ1n) is 4.04. The van der Waals surface area contributed by atoms with Gasteiger partial charge in [-0.15, -0.1) is 0 Å². The van der Waals surface area contributed by atoms with Gasteiger partial charge in [0.05, 0.1) is 7.11 Å². The maximum Gasteiger partial charge on any atom is 0.165 e. The average Bonchev–Trinajstić information content (AvgIpc) is 2.13. The first-order chi connectivity index (χ1) is 5.74. The molecule has 0 aliphatic rings. The van der Waals surface area contributed by atoms with Crippen molar-refractivity contribution in [3.63, 3.8) is 0 Å². The van der Waals surface area contributed by atoms with E-state index in [1.165, 1.54) is 13.2 Å². The molecule has 0 N–H and O–H groups in total. The molecule has 0 unspecified atom stereocenters. The molecule has 0 heterocycles. The number of methoxy groups -OCH3 is 1. The Morgan fingerprint density at radius 3 is 2.25 bits per heavy atom. The van der Waals surface area contributed by atoms with E-state index in [0.29, 0.717) is 5.75 Å². The molecule has 0 radical (unpaired) electrons. The molecule has 0 aromatic heterocycles. The molecule has 0 aliphatic carbocycles. The van der Waals surface area contributed by atoms with Gasteiger partial charge in [-0.05, 0) is 24.6 Å². The third kappa shape index (κ3) is 2.91. The van der Waals surface area contributed by atoms with Crippen LogP contribution in [0.5, 0.6) is 5.75 Å². The fourth-order valence-corrected chi connectivity index (χ4v) is 0.767. The Bertz CT molecular complexity index is 233. The van der Waals surface area contributed by atoms with Crippen molar-refractivity contribution in [1.29, 1.82) is 0 Å². The summed E-state index contributed by atoms with van der Waals surface area (Å²) in [7, 11) is 1.46. The number of hydrogen-bond donors (Lipinski definition) is 0. The van der Waals surface area contributed by atoms with Gasteiger partial charge < -0.3 is 4.74 Å². The Labute approximate surface area is 73.2 Å². The van der Waals surface area contributed by atoms with Gasteiger partial charge in [-0.2, -0.15) is 0 Å². The highest BCUT2D eigenvalue weighted by atomic mass is 19.1. The monoisotopic (exact) mass is 170 g/mol. The van der Waals surface area contributed by atoms with Crippen LogP contribution < -0.4 is 4.74 Å². The maximum absolute atomic E-state index is 12.6. The van der Waals surface area contributed by atoms with Crippen LogP contribution in [0, 0.1) is 12.7 Å². The van der Waals surface area contributed by atoms with E-state index < -0.39 is 0 Å². The largest absolute Gasteiger partial charge is 0.494 e. The van der Waals surface area contributed by atoms with Crippen molar-refractivity contribution in [2.45, 2.75) is 20.8 Å². The minimum atomic E-state index is -0.312. The molecule has 0 fully saturated rings. The van der Waals surface area contributed by atoms with Crippen molar-refractivity contribution >= 4 is 0 Å². The summed E-state index contributed by atoms with van der Waals surface area (Å²) in [4.78, 5) is 0. The molecule has 1 aromatic rings. The molecule has 0 amide bonds. The predicted octanol–water partition coefficient (Wildman–Crippen LogP) is 3.17. The quantitative estimate of drug-likeness (QED) is 0.629. The summed E-state index contributed by atoms with van der Waals surface area (Å²) in [5.41, 5.74) is 0.998. The molecule has 1 aromatic carbocycles. The lowest BCUT2D eigenvalue weighted by Crippen LogP contribution is -1.87. The molecular formula is C10H15FO. The van der Waals surface area contributed by atoms with Crippen molar-refractivity contribution in [3.8, 4) is 5.75 Å². The van der Waals surface area contributed by atoms with Crippen molar-refractivity contribution in [3.05, 3.63) is 29.6 Å². The highest BCUT2D eigenvalue weighted by Gasteiger charge is 1.99. The van der Waals surface area contributed by atoms with Crippen LogP contribution in [-0.4, -0.2) is 7.11 Å². The first-order valence-corrected chi connectivity index (χ1v) is 4.04. The number of rotatable bonds is 1. The lowest BCUT2D eigenvalue weighted by molar-refractivity contribution is 0.386. The molecule has 0 saturated heterocycles. The molecular weight excluding hydrogens is 155 g/mol. The van der Waals surface area contributed by atoms with E-state index in [4.69, 9.17) is 4.74 Å². The summed E-state index contributed by atoms with van der Waals surface area (Å²) in [6.07, 6.45) is 0. The molecule has 68 valence electrons. The maximum atomic E-state index is 12.6. The second-order valence-electron chi connectivity index (χ2n) is 2.14. The summed E-state index contributed by atoms with van der Waals surface area (Å²) < 4.78 is 17.4. The number of hydrogen-bond acceptors (Lipinski definition) is 1. The minimum Gasteiger partial charge on any atom is -0.494 e. The zero-order valence-electron chi connectivity index (χ0n) is 8.02. The van der Waals surface area contributed by atoms with E-state index in [2.05, 4.69) is 0 Å². The number of ether oxygens (including phenoxy) is 1. The lowest BCUT2D eigenvalue weighted by atomic mass is 10.2. The molecule has 0 bridgehead atoms. The molecule has 1 nitrogen and oxygen atoms in total. The standard InChI is InChI=1S/C8H9FO.C2H6/c1-6-3-4-7(9)8(5-6)10-2;1-2/h3-5H,1-2H3;1-2H3. The van der Waals surface area contributed by atoms with Gasteiger partial charge in [0.25, 0.3) is 0 Å². The van der Waals surface area contributed by atoms with Gasteiger partial charge >= 0.3 is 0 Å². The van der Waals surface area contributed by atoms with Crippen LogP contribution in [0.25, 0.3) is 0 Å². The zero-order chi connectivity index (χ0) is 9.56. The fraction of sp³-hybridized carbons (Fsp3) is 0.400. The number of halogens is 1. The van der Waals surface area contributed by atoms with Crippen LogP contribution in [0.15, 0.2) is 18.2 Å². The third-order valence-corrected chi connectivity index (χ3v) is 1.31. The third-order valence-electron chi connectivity index (χ3n) is 1.31. The summed E-state index contributed by atoms with van der Waals surface area (Å²) in [6, 6.07) is 4.77. The Kier molecular flexibility index (Phi) is 5.09. The Morgan fingerprint density at radius 1 is 1.25 bits per heavy atom. The van der Waals surface area contributed by atoms with Gasteiger partial charge in [-0.25, -0.2) is 4.39 Å². The predicted molar refractivity (Wildman–Crippen MR) is 49.0 cm³/mol. The van der Waals surface area contributed by atoms with Crippen LogP contribution >= 0.6 is 0 Å². The van der Waals surface area contributed by atoms with Gasteiger partial charge in [0.2, 0.25) is 0 Å². The second-order valence-corrected chi connectivity index (χ2v) is 2.14. The highest BCUT2D eigenvalue weighted by molar-refractivity contribution is 5.29. The van der Waals surface area contributed by atoms with Crippen LogP contribution in [0.3, 0.4) is 0 Å². The zero-order valence-corrected chi connectivity index (χ0v) is 8.02. The molecule has 0 spiro atoms. The molecule has 2 heteroatoms. The normalized spacial score (nSPS) is 8.42. The molecule has 1 rings (SSSR count). The molecule has 0 atom stereocenters. The minimum absolute atomic E-state index is 0.306. The molecule has 12 heavy (non-hydrogen) atoms. The summed E-state index contributed by atoms with van der Waals surface area (Å²) in [6.45, 7) is 5.89. The molecule has 0 aliphatic heterocycles. The van der Waals surface area contributed by atoms with Crippen molar-refractivity contribution in [2.24, 2.45) is 0 Å². The van der Waals surface area contributed by atoms with Crippen LogP contribution in [0.4, 0.5) is 4.39 Å². The number of aryl methyl sites for hydroxylation is 1. The van der Waals surface area contributed by atoms with Crippen LogP contribution in [0.1, 0.15) is 19.4 Å². The van der Waals surface area contributed by atoms with Gasteiger partial charge in [0, 0.05) is 0 Å². The van der Waals surface area contributed by atoms with E-state index in [9.17, 15) is 4.39 Å². The van der Waals surface area contributed by atoms with Crippen molar-refractivity contribution in [1.82, 2.24) is 0 Å². The Hall–Kier alpha value is -1.05. The van der Waals surface area contributed by atoms with Gasteiger partial charge in [-0.3, -0.25) is 0 Å². The first kappa shape index (κ1) is 11.0. The Morgan fingerprint density at radius 2 is 1.83 bits per heavy atom. The van der Waals surface area contributed by atoms with E-state index in [1.807, 2.05) is 20.8 Å². The van der Waals surface area contributed by atoms with Crippen molar-refractivity contribution < 1.29 is 9.13 Å².